The lowest BCUT2D eigenvalue weighted by Gasteiger charge is -2.30. The first kappa shape index (κ1) is 20.1. The molecule has 6 nitrogen and oxygen atoms in total. The Balaban J connectivity index is 1.59. The monoisotopic (exact) mass is 375 g/mol. The Morgan fingerprint density at radius 1 is 1.30 bits per heavy atom. The summed E-state index contributed by atoms with van der Waals surface area (Å²) in [7, 11) is 4.16. The Hall–Kier alpha value is -1.66. The van der Waals surface area contributed by atoms with Crippen molar-refractivity contribution in [2.24, 2.45) is 13.0 Å². The predicted octanol–water partition coefficient (Wildman–Crippen LogP) is -0.670. The number of amides is 1. The molecule has 3 rings (SSSR count). The first-order valence-electron chi connectivity index (χ1n) is 10.6. The zero-order valence-corrected chi connectivity index (χ0v) is 17.3. The van der Waals surface area contributed by atoms with Crippen molar-refractivity contribution < 1.29 is 14.6 Å². The molecule has 2 aliphatic rings. The number of likely N-dealkylation sites (N-methyl/N-ethyl adjacent to an activating group) is 1. The normalized spacial score (nSPS) is 25.5. The third kappa shape index (κ3) is 5.66. The molecule has 0 saturated carbocycles. The van der Waals surface area contributed by atoms with E-state index in [2.05, 4.69) is 29.2 Å². The molecule has 1 saturated heterocycles. The molecule has 1 atom stereocenters. The molecule has 1 aromatic rings. The number of quaternary nitrogens is 2. The molecule has 6 heteroatoms. The number of rotatable bonds is 7. The molecule has 1 aliphatic carbocycles. The van der Waals surface area contributed by atoms with Crippen molar-refractivity contribution in [3.63, 3.8) is 0 Å². The number of hydrogen-bond donors (Lipinski definition) is 2. The van der Waals surface area contributed by atoms with Crippen LogP contribution in [0.25, 0.3) is 0 Å². The van der Waals surface area contributed by atoms with Crippen molar-refractivity contribution in [3.8, 4) is 0 Å². The molecule has 0 spiro atoms. The van der Waals surface area contributed by atoms with Gasteiger partial charge in [0.25, 0.3) is 5.91 Å². The highest BCUT2D eigenvalue weighted by Gasteiger charge is 2.24. The minimum absolute atomic E-state index is 0.144. The van der Waals surface area contributed by atoms with Crippen LogP contribution < -0.4 is 9.80 Å². The zero-order valence-electron chi connectivity index (χ0n) is 17.3. The highest BCUT2D eigenvalue weighted by Crippen LogP contribution is 2.20. The van der Waals surface area contributed by atoms with Crippen molar-refractivity contribution in [2.75, 3.05) is 52.9 Å². The lowest BCUT2D eigenvalue weighted by molar-refractivity contribution is -1.00. The van der Waals surface area contributed by atoms with Gasteiger partial charge in [-0.05, 0) is 38.2 Å². The summed E-state index contributed by atoms with van der Waals surface area (Å²) in [4.78, 5) is 18.7. The number of nitrogens with one attached hydrogen (secondary N) is 2. The van der Waals surface area contributed by atoms with E-state index in [9.17, 15) is 4.79 Å². The maximum atomic E-state index is 13.2. The van der Waals surface area contributed by atoms with Crippen LogP contribution >= 0.6 is 0 Å². The fourth-order valence-corrected chi connectivity index (χ4v) is 4.38. The first-order valence-corrected chi connectivity index (χ1v) is 10.6. The third-order valence-corrected chi connectivity index (χ3v) is 6.13. The van der Waals surface area contributed by atoms with E-state index in [1.165, 1.54) is 39.1 Å². The molecular weight excluding hydrogens is 338 g/mol. The summed E-state index contributed by atoms with van der Waals surface area (Å²) in [5.74, 6) is 0.735. The first-order chi connectivity index (χ1) is 13.0. The average Bonchev–Trinajstić information content (AvgIpc) is 3.01. The van der Waals surface area contributed by atoms with E-state index in [0.717, 1.165) is 43.7 Å². The Kier molecular flexibility index (Phi) is 7.07. The van der Waals surface area contributed by atoms with Gasteiger partial charge in [-0.25, -0.2) is 0 Å². The van der Waals surface area contributed by atoms with Gasteiger partial charge in [-0.2, -0.15) is 5.10 Å². The number of aromatic nitrogens is 2. The molecule has 0 bridgehead atoms. The van der Waals surface area contributed by atoms with Crippen LogP contribution in [0.4, 0.5) is 0 Å². The Labute approximate surface area is 163 Å². The molecule has 1 aliphatic heterocycles. The van der Waals surface area contributed by atoms with E-state index < -0.39 is 0 Å². The van der Waals surface area contributed by atoms with Crippen molar-refractivity contribution >= 4 is 5.91 Å². The third-order valence-electron chi connectivity index (χ3n) is 6.13. The van der Waals surface area contributed by atoms with Gasteiger partial charge < -0.3 is 14.7 Å². The highest BCUT2D eigenvalue weighted by atomic mass is 16.2. The molecular formula is C21H37N5O+2. The number of carbonyl (C=O) groups is 1. The number of nitrogens with zero attached hydrogens (tertiary/aromatic N) is 3. The van der Waals surface area contributed by atoms with E-state index in [1.54, 1.807) is 14.5 Å². The standard InChI is InChI=1S/C21H35N5O/c1-18-16-20(24(3)22-18)21(27)26(17-19-8-5-4-6-9-19)11-7-10-25-14-12-23(2)13-15-25/h4-5,16,19H,6-15,17H2,1-3H3/p+2/t19-/m0/s1. The summed E-state index contributed by atoms with van der Waals surface area (Å²) in [5, 5.41) is 4.37. The average molecular weight is 376 g/mol. The van der Waals surface area contributed by atoms with Crippen molar-refractivity contribution in [1.82, 2.24) is 14.7 Å². The minimum atomic E-state index is 0.144. The molecule has 1 fully saturated rings. The summed E-state index contributed by atoms with van der Waals surface area (Å²) in [5.41, 5.74) is 1.63. The fourth-order valence-electron chi connectivity index (χ4n) is 4.38. The number of hydrogen-bond acceptors (Lipinski definition) is 2. The molecule has 0 aromatic carbocycles. The van der Waals surface area contributed by atoms with Crippen molar-refractivity contribution in [2.45, 2.75) is 32.6 Å². The van der Waals surface area contributed by atoms with Crippen LogP contribution in [-0.2, 0) is 7.05 Å². The van der Waals surface area contributed by atoms with E-state index >= 15 is 0 Å². The minimum Gasteiger partial charge on any atom is -0.337 e. The summed E-state index contributed by atoms with van der Waals surface area (Å²) in [6.45, 7) is 9.90. The Morgan fingerprint density at radius 2 is 2.07 bits per heavy atom. The second-order valence-electron chi connectivity index (χ2n) is 8.51. The molecule has 0 radical (unpaired) electrons. The van der Waals surface area contributed by atoms with Crippen LogP contribution in [0.15, 0.2) is 18.2 Å². The van der Waals surface area contributed by atoms with Gasteiger partial charge in [0, 0.05) is 26.6 Å². The molecule has 1 amide bonds. The van der Waals surface area contributed by atoms with E-state index in [0.29, 0.717) is 5.92 Å². The highest BCUT2D eigenvalue weighted by molar-refractivity contribution is 5.92. The lowest BCUT2D eigenvalue weighted by atomic mass is 9.94. The van der Waals surface area contributed by atoms with Crippen LogP contribution in [0.2, 0.25) is 0 Å². The number of allylic oxidation sites excluding steroid dienone is 2. The lowest BCUT2D eigenvalue weighted by Crippen LogP contribution is -3.27. The molecule has 1 aromatic heterocycles. The summed E-state index contributed by atoms with van der Waals surface area (Å²) < 4.78 is 1.74. The predicted molar refractivity (Wildman–Crippen MR) is 107 cm³/mol. The molecule has 27 heavy (non-hydrogen) atoms. The van der Waals surface area contributed by atoms with Gasteiger partial charge in [0.1, 0.15) is 31.9 Å². The quantitative estimate of drug-likeness (QED) is 0.621. The van der Waals surface area contributed by atoms with E-state index in [1.807, 2.05) is 20.0 Å². The van der Waals surface area contributed by atoms with Crippen LogP contribution in [-0.4, -0.2) is 73.4 Å². The topological polar surface area (TPSA) is 47.0 Å². The SMILES string of the molecule is Cc1cc(C(=O)N(CCC[NH+]2CC[NH+](C)CC2)C[C@H]2CC=CCC2)n(C)n1. The number of aryl methyl sites for hydroxylation is 2. The van der Waals surface area contributed by atoms with Gasteiger partial charge in [-0.3, -0.25) is 9.48 Å². The number of carbonyl (C=O) groups excluding carboxylic acids is 1. The molecule has 2 N–H and O–H groups in total. The second-order valence-corrected chi connectivity index (χ2v) is 8.51. The van der Waals surface area contributed by atoms with Gasteiger partial charge in [-0.15, -0.1) is 0 Å². The molecule has 150 valence electrons. The molecule has 2 heterocycles. The Bertz CT molecular complexity index is 645. The Morgan fingerprint density at radius 3 is 2.70 bits per heavy atom. The smallest absolute Gasteiger partial charge is 0.272 e. The zero-order chi connectivity index (χ0) is 19.2. The summed E-state index contributed by atoms with van der Waals surface area (Å²) >= 11 is 0. The van der Waals surface area contributed by atoms with Gasteiger partial charge in [0.2, 0.25) is 0 Å². The maximum Gasteiger partial charge on any atom is 0.272 e. The van der Waals surface area contributed by atoms with Crippen LogP contribution in [0.5, 0.6) is 0 Å². The maximum absolute atomic E-state index is 13.2. The van der Waals surface area contributed by atoms with Crippen LogP contribution in [0.1, 0.15) is 41.9 Å². The van der Waals surface area contributed by atoms with Gasteiger partial charge in [0.15, 0.2) is 0 Å². The van der Waals surface area contributed by atoms with Crippen molar-refractivity contribution in [1.29, 1.82) is 0 Å². The fraction of sp³-hybridized carbons (Fsp3) is 0.714. The van der Waals surface area contributed by atoms with Crippen LogP contribution in [0, 0.1) is 12.8 Å². The van der Waals surface area contributed by atoms with Gasteiger partial charge in [-0.1, -0.05) is 12.2 Å². The largest absolute Gasteiger partial charge is 0.337 e. The number of piperazine rings is 1. The summed E-state index contributed by atoms with van der Waals surface area (Å²) in [6, 6.07) is 1.92. The summed E-state index contributed by atoms with van der Waals surface area (Å²) in [6.07, 6.45) is 9.07. The van der Waals surface area contributed by atoms with Crippen molar-refractivity contribution in [3.05, 3.63) is 29.6 Å². The van der Waals surface area contributed by atoms with E-state index in [-0.39, 0.29) is 5.91 Å². The van der Waals surface area contributed by atoms with Gasteiger partial charge >= 0.3 is 0 Å². The second kappa shape index (κ2) is 9.51. The molecule has 0 unspecified atom stereocenters. The van der Waals surface area contributed by atoms with Gasteiger partial charge in [0.05, 0.1) is 19.3 Å². The van der Waals surface area contributed by atoms with E-state index in [4.69, 9.17) is 0 Å². The van der Waals surface area contributed by atoms with Crippen LogP contribution in [0.3, 0.4) is 0 Å².